The summed E-state index contributed by atoms with van der Waals surface area (Å²) in [6.45, 7) is 0. The van der Waals surface area contributed by atoms with Crippen LogP contribution in [0.2, 0.25) is 0 Å². The van der Waals surface area contributed by atoms with Gasteiger partial charge in [-0.1, -0.05) is 0 Å². The molecule has 0 fully saturated rings. The van der Waals surface area contributed by atoms with Crippen LogP contribution >= 0.6 is 0 Å². The van der Waals surface area contributed by atoms with Crippen molar-refractivity contribution in [3.05, 3.63) is 0 Å². The van der Waals surface area contributed by atoms with Crippen molar-refractivity contribution in [2.45, 2.75) is 0 Å². The molecular formula is C2CaN2O4. The molecule has 0 aliphatic rings. The molecule has 0 spiro atoms. The molecular weight excluding hydrogens is 156 g/mol. The summed E-state index contributed by atoms with van der Waals surface area (Å²) in [4.78, 5) is 18.5. The standard InChI is InChI=1S/C2H2N2O4.Ca/c5-1(6)3-4-2(7)8;/h(H,5,6)(H,7,8);/q;+2/p-2. The van der Waals surface area contributed by atoms with Crippen LogP contribution in [-0.4, -0.2) is 49.9 Å². The maximum absolute atomic E-state index is 9.24. The van der Waals surface area contributed by atoms with Crippen LogP contribution < -0.4 is 10.2 Å². The van der Waals surface area contributed by atoms with Gasteiger partial charge in [0.1, 0.15) is 0 Å². The Morgan fingerprint density at radius 3 is 1.33 bits per heavy atom. The molecule has 0 rings (SSSR count). The number of amides is 2. The summed E-state index contributed by atoms with van der Waals surface area (Å²) in [5.74, 6) is 0. The van der Waals surface area contributed by atoms with Gasteiger partial charge < -0.3 is 19.8 Å². The van der Waals surface area contributed by atoms with Gasteiger partial charge in [0.15, 0.2) is 12.2 Å². The summed E-state index contributed by atoms with van der Waals surface area (Å²) < 4.78 is 0. The minimum atomic E-state index is -1.91. The smallest absolute Gasteiger partial charge is 0.527 e. The number of carboxylic acid groups (broad SMARTS) is 2. The van der Waals surface area contributed by atoms with Gasteiger partial charge in [-0.2, -0.15) is 0 Å². The topological polar surface area (TPSA) is 105 Å². The zero-order valence-electron chi connectivity index (χ0n) is 4.23. The van der Waals surface area contributed by atoms with Crippen molar-refractivity contribution >= 4 is 49.9 Å². The molecule has 0 bridgehead atoms. The van der Waals surface area contributed by atoms with E-state index >= 15 is 0 Å². The van der Waals surface area contributed by atoms with E-state index < -0.39 is 12.2 Å². The molecule has 6 nitrogen and oxygen atoms in total. The molecule has 2 amide bonds. The van der Waals surface area contributed by atoms with E-state index in [9.17, 15) is 19.8 Å². The Labute approximate surface area is 79.6 Å². The molecule has 0 aliphatic carbocycles. The van der Waals surface area contributed by atoms with Gasteiger partial charge in [-0.05, 0) is 0 Å². The maximum atomic E-state index is 9.24. The molecule has 0 aliphatic heterocycles. The molecule has 0 aromatic heterocycles. The zero-order chi connectivity index (χ0) is 6.57. The molecule has 9 heavy (non-hydrogen) atoms. The zero-order valence-corrected chi connectivity index (χ0v) is 6.44. The third kappa shape index (κ3) is 11.4. The molecule has 0 unspecified atom stereocenters. The average Bonchev–Trinajstić information content (AvgIpc) is 1.61. The predicted molar refractivity (Wildman–Crippen MR) is 21.4 cm³/mol. The molecule has 0 heterocycles. The van der Waals surface area contributed by atoms with Gasteiger partial charge in [-0.3, -0.25) is 0 Å². The minimum Gasteiger partial charge on any atom is -0.527 e. The van der Waals surface area contributed by atoms with Gasteiger partial charge >= 0.3 is 37.7 Å². The minimum absolute atomic E-state index is 0. The van der Waals surface area contributed by atoms with Gasteiger partial charge in [0.2, 0.25) is 0 Å². The van der Waals surface area contributed by atoms with Gasteiger partial charge in [0, 0.05) is 0 Å². The normalized spacial score (nSPS) is 8.44. The second-order valence-corrected chi connectivity index (χ2v) is 0.732. The summed E-state index contributed by atoms with van der Waals surface area (Å²) in [6.07, 6.45) is -3.82. The summed E-state index contributed by atoms with van der Waals surface area (Å²) in [7, 11) is 0. The fraction of sp³-hybridized carbons (Fsp3) is 0. The van der Waals surface area contributed by atoms with Crippen molar-refractivity contribution in [1.82, 2.24) is 0 Å². The van der Waals surface area contributed by atoms with Gasteiger partial charge in [0.05, 0.1) is 0 Å². The van der Waals surface area contributed by atoms with Crippen LogP contribution in [0.3, 0.4) is 0 Å². The van der Waals surface area contributed by atoms with Crippen molar-refractivity contribution in [2.75, 3.05) is 0 Å². The molecule has 0 aromatic carbocycles. The Morgan fingerprint density at radius 1 is 1.00 bits per heavy atom. The third-order valence-electron chi connectivity index (χ3n) is 0.213. The van der Waals surface area contributed by atoms with Crippen LogP contribution in [0.5, 0.6) is 0 Å². The number of azo groups is 1. The summed E-state index contributed by atoms with van der Waals surface area (Å²) in [5, 5.41) is 22.7. The van der Waals surface area contributed by atoms with Gasteiger partial charge in [-0.15, -0.1) is 10.2 Å². The van der Waals surface area contributed by atoms with Crippen LogP contribution in [0.25, 0.3) is 0 Å². The van der Waals surface area contributed by atoms with Crippen LogP contribution in [0.1, 0.15) is 0 Å². The number of carbonyl (C=O) groups is 2. The Bertz CT molecular complexity index is 128. The van der Waals surface area contributed by atoms with Crippen molar-refractivity contribution in [3.8, 4) is 0 Å². The van der Waals surface area contributed by atoms with E-state index in [1.807, 2.05) is 0 Å². The second-order valence-electron chi connectivity index (χ2n) is 0.732. The van der Waals surface area contributed by atoms with Crippen molar-refractivity contribution in [2.24, 2.45) is 10.2 Å². The summed E-state index contributed by atoms with van der Waals surface area (Å²) in [6, 6.07) is 0. The van der Waals surface area contributed by atoms with E-state index in [0.29, 0.717) is 0 Å². The third-order valence-corrected chi connectivity index (χ3v) is 0.213. The number of hydrogen-bond donors (Lipinski definition) is 0. The summed E-state index contributed by atoms with van der Waals surface area (Å²) in [5.41, 5.74) is 0. The first-order valence-corrected chi connectivity index (χ1v) is 1.46. The van der Waals surface area contributed by atoms with Crippen LogP contribution in [0.15, 0.2) is 10.2 Å². The first-order valence-electron chi connectivity index (χ1n) is 1.46. The maximum Gasteiger partial charge on any atom is 2.00 e. The van der Waals surface area contributed by atoms with E-state index in [1.54, 1.807) is 0 Å². The number of rotatable bonds is 0. The number of nitrogens with zero attached hydrogens (tertiary/aromatic N) is 2. The molecule has 0 saturated heterocycles. The Hall–Kier alpha value is -0.200. The molecule has 0 atom stereocenters. The molecule has 7 heteroatoms. The number of carbonyl (C=O) groups excluding carboxylic acids is 2. The van der Waals surface area contributed by atoms with Crippen molar-refractivity contribution in [1.29, 1.82) is 0 Å². The van der Waals surface area contributed by atoms with E-state index in [2.05, 4.69) is 10.2 Å². The Morgan fingerprint density at radius 2 is 1.22 bits per heavy atom. The van der Waals surface area contributed by atoms with Crippen LogP contribution in [-0.2, 0) is 0 Å². The van der Waals surface area contributed by atoms with Crippen LogP contribution in [0.4, 0.5) is 9.59 Å². The predicted octanol–water partition coefficient (Wildman–Crippen LogP) is -2.26. The largest absolute Gasteiger partial charge is 2.00 e. The fourth-order valence-corrected chi connectivity index (χ4v) is 0.0816. The fourth-order valence-electron chi connectivity index (χ4n) is 0.0816. The number of hydrogen-bond acceptors (Lipinski definition) is 4. The Balaban J connectivity index is 0. The van der Waals surface area contributed by atoms with Crippen LogP contribution in [0, 0.1) is 0 Å². The van der Waals surface area contributed by atoms with E-state index in [-0.39, 0.29) is 37.7 Å². The molecule has 0 aromatic rings. The van der Waals surface area contributed by atoms with Crippen molar-refractivity contribution < 1.29 is 19.8 Å². The average molecular weight is 156 g/mol. The van der Waals surface area contributed by atoms with Gasteiger partial charge in [0.25, 0.3) is 0 Å². The van der Waals surface area contributed by atoms with Gasteiger partial charge in [-0.25, -0.2) is 0 Å². The van der Waals surface area contributed by atoms with E-state index in [4.69, 9.17) is 0 Å². The first-order chi connectivity index (χ1) is 3.63. The van der Waals surface area contributed by atoms with E-state index in [0.717, 1.165) is 0 Å². The molecule has 44 valence electrons. The second kappa shape index (κ2) is 5.93. The monoisotopic (exact) mass is 156 g/mol. The van der Waals surface area contributed by atoms with E-state index in [1.165, 1.54) is 0 Å². The molecule has 0 radical (unpaired) electrons. The first kappa shape index (κ1) is 11.6. The van der Waals surface area contributed by atoms with Crippen molar-refractivity contribution in [3.63, 3.8) is 0 Å². The molecule has 0 N–H and O–H groups in total. The Kier molecular flexibility index (Phi) is 7.63. The SMILES string of the molecule is O=C([O-])N=NC(=O)[O-].[Ca+2]. The summed E-state index contributed by atoms with van der Waals surface area (Å²) >= 11 is 0. The quantitative estimate of drug-likeness (QED) is 0.291. The molecule has 0 saturated carbocycles.